The fourth-order valence-electron chi connectivity index (χ4n) is 4.22. The van der Waals surface area contributed by atoms with Gasteiger partial charge in [-0.05, 0) is 43.2 Å². The van der Waals surface area contributed by atoms with Crippen LogP contribution in [-0.2, 0) is 35.2 Å². The zero-order valence-electron chi connectivity index (χ0n) is 22.9. The third-order valence-electron chi connectivity index (χ3n) is 6.33. The van der Waals surface area contributed by atoms with Crippen molar-refractivity contribution in [2.24, 2.45) is 11.7 Å². The quantitative estimate of drug-likeness (QED) is 0.129. The molecule has 1 aromatic heterocycles. The van der Waals surface area contributed by atoms with E-state index in [9.17, 15) is 33.9 Å². The van der Waals surface area contributed by atoms with E-state index in [1.54, 1.807) is 20.0 Å². The van der Waals surface area contributed by atoms with Gasteiger partial charge in [0.2, 0.25) is 17.7 Å². The number of fused-ring (bicyclic) bond motifs is 1. The van der Waals surface area contributed by atoms with Gasteiger partial charge in [0.15, 0.2) is 0 Å². The summed E-state index contributed by atoms with van der Waals surface area (Å²) in [5.41, 5.74) is 7.70. The Morgan fingerprint density at radius 2 is 1.32 bits per heavy atom. The number of nitrogens with one attached hydrogen (secondary N) is 4. The molecule has 14 nitrogen and oxygen atoms in total. The summed E-state index contributed by atoms with van der Waals surface area (Å²) >= 11 is 0. The monoisotopic (exact) mass is 575 g/mol. The van der Waals surface area contributed by atoms with Crippen LogP contribution in [0.2, 0.25) is 0 Å². The number of aromatic nitrogens is 1. The molecule has 0 fully saturated rings. The number of benzene rings is 1. The number of H-pyrrole nitrogens is 1. The Morgan fingerprint density at radius 3 is 1.83 bits per heavy atom. The van der Waals surface area contributed by atoms with Crippen LogP contribution in [-0.4, -0.2) is 80.1 Å². The number of nitrogens with two attached hydrogens (primary N) is 1. The average molecular weight is 576 g/mol. The molecule has 2 rings (SSSR count). The molecule has 4 unspecified atom stereocenters. The Kier molecular flexibility index (Phi) is 12.3. The topological polar surface area (TPSA) is 241 Å². The molecule has 4 atom stereocenters. The summed E-state index contributed by atoms with van der Waals surface area (Å²) in [6, 6.07) is 2.12. The van der Waals surface area contributed by atoms with Gasteiger partial charge in [0.1, 0.15) is 18.1 Å². The lowest BCUT2D eigenvalue weighted by Crippen LogP contribution is -2.57. The van der Waals surface area contributed by atoms with E-state index in [0.29, 0.717) is 0 Å². The van der Waals surface area contributed by atoms with Gasteiger partial charge >= 0.3 is 17.9 Å². The summed E-state index contributed by atoms with van der Waals surface area (Å²) < 4.78 is 0. The van der Waals surface area contributed by atoms with Gasteiger partial charge in [-0.1, -0.05) is 32.0 Å². The Labute approximate surface area is 236 Å². The average Bonchev–Trinajstić information content (AvgIpc) is 3.30. The summed E-state index contributed by atoms with van der Waals surface area (Å²) in [6.45, 7) is 3.51. The van der Waals surface area contributed by atoms with Crippen molar-refractivity contribution in [3.63, 3.8) is 0 Å². The van der Waals surface area contributed by atoms with Gasteiger partial charge < -0.3 is 42.0 Å². The number of aromatic amines is 1. The third-order valence-corrected chi connectivity index (χ3v) is 6.33. The van der Waals surface area contributed by atoms with E-state index in [1.807, 2.05) is 24.3 Å². The summed E-state index contributed by atoms with van der Waals surface area (Å²) in [7, 11) is 0. The molecule has 41 heavy (non-hydrogen) atoms. The highest BCUT2D eigenvalue weighted by atomic mass is 16.4. The first-order valence-electron chi connectivity index (χ1n) is 13.2. The molecule has 0 spiro atoms. The fraction of sp³-hybridized carbons (Fsp3) is 0.481. The van der Waals surface area contributed by atoms with E-state index >= 15 is 0 Å². The van der Waals surface area contributed by atoms with Gasteiger partial charge in [0.25, 0.3) is 0 Å². The number of aliphatic carboxylic acids is 3. The van der Waals surface area contributed by atoms with Crippen LogP contribution in [0.15, 0.2) is 30.5 Å². The van der Waals surface area contributed by atoms with Crippen LogP contribution in [0.1, 0.15) is 51.5 Å². The predicted octanol–water partition coefficient (Wildman–Crippen LogP) is 0.352. The number of rotatable bonds is 17. The molecule has 224 valence electrons. The van der Waals surface area contributed by atoms with Crippen LogP contribution in [0.25, 0.3) is 10.9 Å². The molecule has 0 aliphatic rings. The standard InChI is InChI=1S/C27H37N5O9/c1-14(2)11-21(27(40)41)32-26(39)20(8-10-23(35)36)31-25(38)19(7-9-22(33)34)30-24(37)17(28)12-15-13-29-18-6-4-3-5-16(15)18/h3-6,13-14,17,19-21,29H,7-12,28H2,1-2H3,(H,30,37)(H,31,38)(H,32,39)(H,33,34)(H,35,36)(H,40,41). The van der Waals surface area contributed by atoms with Gasteiger partial charge in [0.05, 0.1) is 6.04 Å². The minimum atomic E-state index is -1.46. The van der Waals surface area contributed by atoms with Crippen LogP contribution in [0.5, 0.6) is 0 Å². The van der Waals surface area contributed by atoms with Gasteiger partial charge in [0, 0.05) is 29.9 Å². The maximum atomic E-state index is 13.2. The minimum absolute atomic E-state index is 0.0896. The van der Waals surface area contributed by atoms with Crippen molar-refractivity contribution in [1.29, 1.82) is 0 Å². The van der Waals surface area contributed by atoms with Crippen LogP contribution in [0.3, 0.4) is 0 Å². The fourth-order valence-corrected chi connectivity index (χ4v) is 4.22. The number of amides is 3. The largest absolute Gasteiger partial charge is 0.481 e. The first kappa shape index (κ1) is 32.8. The normalized spacial score (nSPS) is 14.0. The molecule has 0 aliphatic heterocycles. The molecule has 1 aromatic carbocycles. The molecule has 0 saturated carbocycles. The smallest absolute Gasteiger partial charge is 0.326 e. The Bertz CT molecular complexity index is 1260. The number of para-hydroxylation sites is 1. The summed E-state index contributed by atoms with van der Waals surface area (Å²) in [4.78, 5) is 76.0. The molecule has 2 aromatic rings. The molecule has 0 bridgehead atoms. The molecular weight excluding hydrogens is 538 g/mol. The zero-order valence-corrected chi connectivity index (χ0v) is 22.9. The van der Waals surface area contributed by atoms with Crippen molar-refractivity contribution in [2.45, 2.75) is 76.5 Å². The molecule has 9 N–H and O–H groups in total. The Balaban J connectivity index is 2.17. The second-order valence-corrected chi connectivity index (χ2v) is 10.2. The molecule has 0 radical (unpaired) electrons. The second-order valence-electron chi connectivity index (χ2n) is 10.2. The lowest BCUT2D eigenvalue weighted by atomic mass is 10.0. The maximum Gasteiger partial charge on any atom is 0.326 e. The highest BCUT2D eigenvalue weighted by Crippen LogP contribution is 2.19. The van der Waals surface area contributed by atoms with E-state index in [-0.39, 0.29) is 31.6 Å². The van der Waals surface area contributed by atoms with Crippen molar-refractivity contribution >= 4 is 46.5 Å². The lowest BCUT2D eigenvalue weighted by molar-refractivity contribution is -0.143. The SMILES string of the molecule is CC(C)CC(NC(=O)C(CCC(=O)O)NC(=O)C(CCC(=O)O)NC(=O)C(N)Cc1c[nH]c2ccccc12)C(=O)O. The molecule has 0 saturated heterocycles. The number of carbonyl (C=O) groups is 6. The highest BCUT2D eigenvalue weighted by Gasteiger charge is 2.31. The van der Waals surface area contributed by atoms with Crippen LogP contribution < -0.4 is 21.7 Å². The van der Waals surface area contributed by atoms with Crippen molar-refractivity contribution in [3.8, 4) is 0 Å². The molecular formula is C27H37N5O9. The molecule has 14 heteroatoms. The van der Waals surface area contributed by atoms with Crippen molar-refractivity contribution in [2.75, 3.05) is 0 Å². The predicted molar refractivity (Wildman–Crippen MR) is 147 cm³/mol. The van der Waals surface area contributed by atoms with E-state index in [2.05, 4.69) is 20.9 Å². The van der Waals surface area contributed by atoms with Gasteiger partial charge in [-0.2, -0.15) is 0 Å². The van der Waals surface area contributed by atoms with E-state index in [0.717, 1.165) is 16.5 Å². The first-order valence-corrected chi connectivity index (χ1v) is 13.2. The van der Waals surface area contributed by atoms with Gasteiger partial charge in [-0.25, -0.2) is 4.79 Å². The maximum absolute atomic E-state index is 13.2. The number of hydrogen-bond acceptors (Lipinski definition) is 7. The van der Waals surface area contributed by atoms with E-state index in [1.165, 1.54) is 0 Å². The molecule has 0 aliphatic carbocycles. The number of hydrogen-bond donors (Lipinski definition) is 8. The minimum Gasteiger partial charge on any atom is -0.481 e. The number of carboxylic acid groups (broad SMARTS) is 3. The van der Waals surface area contributed by atoms with Crippen molar-refractivity contribution in [3.05, 3.63) is 36.0 Å². The van der Waals surface area contributed by atoms with E-state index < -0.39 is 72.6 Å². The number of carboxylic acids is 3. The van der Waals surface area contributed by atoms with Gasteiger partial charge in [-0.3, -0.25) is 24.0 Å². The summed E-state index contributed by atoms with van der Waals surface area (Å²) in [6.07, 6.45) is 0.165. The number of carbonyl (C=O) groups excluding carboxylic acids is 3. The van der Waals surface area contributed by atoms with Crippen LogP contribution in [0, 0.1) is 5.92 Å². The summed E-state index contributed by atoms with van der Waals surface area (Å²) in [5, 5.41) is 35.6. The van der Waals surface area contributed by atoms with Crippen molar-refractivity contribution in [1.82, 2.24) is 20.9 Å². The van der Waals surface area contributed by atoms with Gasteiger partial charge in [-0.15, -0.1) is 0 Å². The summed E-state index contributed by atoms with van der Waals surface area (Å²) in [5.74, 6) is -6.49. The Hall–Kier alpha value is -4.46. The van der Waals surface area contributed by atoms with Crippen molar-refractivity contribution < 1.29 is 44.1 Å². The molecule has 1 heterocycles. The zero-order chi connectivity index (χ0) is 30.7. The van der Waals surface area contributed by atoms with Crippen LogP contribution in [0.4, 0.5) is 0 Å². The lowest BCUT2D eigenvalue weighted by Gasteiger charge is -2.25. The van der Waals surface area contributed by atoms with Crippen LogP contribution >= 0.6 is 0 Å². The van der Waals surface area contributed by atoms with E-state index in [4.69, 9.17) is 15.9 Å². The highest BCUT2D eigenvalue weighted by molar-refractivity contribution is 5.94. The second kappa shape index (κ2) is 15.4. The third kappa shape index (κ3) is 10.6. The first-order chi connectivity index (χ1) is 19.3. The molecule has 3 amide bonds. The Morgan fingerprint density at radius 1 is 0.805 bits per heavy atom.